The summed E-state index contributed by atoms with van der Waals surface area (Å²) in [4.78, 5) is 23.5. The number of hydrogen-bond acceptors (Lipinski definition) is 13. The van der Waals surface area contributed by atoms with Gasteiger partial charge in [-0.1, -0.05) is 0 Å². The summed E-state index contributed by atoms with van der Waals surface area (Å²) in [5, 5.41) is 74.1. The van der Waals surface area contributed by atoms with E-state index in [1.165, 1.54) is 6.92 Å². The SMILES string of the molecule is CC(=O)N[C@H]1[C@@H](O[C@H]2[C@@H](O)[C@@H](CO)O[C@@H](OCC(O)CO)[C@@H]2NC(C)=O)O[C@H](CO)[C@H](O)[C@@H]1O. The lowest BCUT2D eigenvalue weighted by molar-refractivity contribution is -0.329. The molecule has 2 fully saturated rings. The summed E-state index contributed by atoms with van der Waals surface area (Å²) >= 11 is 0. The van der Waals surface area contributed by atoms with Gasteiger partial charge in [0.25, 0.3) is 0 Å². The Kier molecular flexibility index (Phi) is 11.0. The molecule has 11 atom stereocenters. The van der Waals surface area contributed by atoms with Gasteiger partial charge in [-0.25, -0.2) is 0 Å². The first-order chi connectivity index (χ1) is 16.0. The highest BCUT2D eigenvalue weighted by atomic mass is 16.7. The molecular formula is C19H34N2O13. The number of carbonyl (C=O) groups excluding carboxylic acids is 2. The molecule has 2 saturated heterocycles. The van der Waals surface area contributed by atoms with Gasteiger partial charge in [-0.2, -0.15) is 0 Å². The van der Waals surface area contributed by atoms with Crippen molar-refractivity contribution in [1.82, 2.24) is 10.6 Å². The molecule has 9 N–H and O–H groups in total. The van der Waals surface area contributed by atoms with Crippen LogP contribution in [0.5, 0.6) is 0 Å². The van der Waals surface area contributed by atoms with Crippen molar-refractivity contribution in [2.45, 2.75) is 81.2 Å². The molecule has 0 radical (unpaired) electrons. The lowest BCUT2D eigenvalue weighted by Crippen LogP contribution is -2.69. The number of carbonyl (C=O) groups is 2. The maximum Gasteiger partial charge on any atom is 0.217 e. The van der Waals surface area contributed by atoms with Gasteiger partial charge in [-0.05, 0) is 0 Å². The van der Waals surface area contributed by atoms with E-state index in [1.54, 1.807) is 0 Å². The fourth-order valence-electron chi connectivity index (χ4n) is 3.76. The number of rotatable bonds is 10. The van der Waals surface area contributed by atoms with Gasteiger partial charge in [0.2, 0.25) is 11.8 Å². The van der Waals surface area contributed by atoms with Crippen molar-refractivity contribution in [3.8, 4) is 0 Å². The molecule has 2 aliphatic heterocycles. The Balaban J connectivity index is 2.36. The predicted molar refractivity (Wildman–Crippen MR) is 109 cm³/mol. The Hall–Kier alpha value is -1.50. The first-order valence-electron chi connectivity index (χ1n) is 10.7. The lowest BCUT2D eigenvalue weighted by Gasteiger charge is -2.48. The van der Waals surface area contributed by atoms with Crippen molar-refractivity contribution >= 4 is 11.8 Å². The summed E-state index contributed by atoms with van der Waals surface area (Å²) in [7, 11) is 0. The largest absolute Gasteiger partial charge is 0.394 e. The van der Waals surface area contributed by atoms with Crippen LogP contribution in [0.15, 0.2) is 0 Å². The number of ether oxygens (including phenoxy) is 4. The quantitative estimate of drug-likeness (QED) is 0.137. The Labute approximate surface area is 195 Å². The van der Waals surface area contributed by atoms with E-state index in [0.29, 0.717) is 0 Å². The summed E-state index contributed by atoms with van der Waals surface area (Å²) in [5.41, 5.74) is 0. The van der Waals surface area contributed by atoms with Gasteiger partial charge in [-0.15, -0.1) is 0 Å². The fourth-order valence-corrected chi connectivity index (χ4v) is 3.76. The Morgan fingerprint density at radius 3 is 1.91 bits per heavy atom. The normalized spacial score (nSPS) is 39.3. The average Bonchev–Trinajstić information content (AvgIpc) is 2.79. The highest BCUT2D eigenvalue weighted by molar-refractivity contribution is 5.73. The Morgan fingerprint density at radius 1 is 0.853 bits per heavy atom. The number of nitrogens with one attached hydrogen (secondary N) is 2. The van der Waals surface area contributed by atoms with Gasteiger partial charge in [0.15, 0.2) is 12.6 Å². The van der Waals surface area contributed by atoms with E-state index in [1.807, 2.05) is 0 Å². The van der Waals surface area contributed by atoms with E-state index in [0.717, 1.165) is 6.92 Å². The van der Waals surface area contributed by atoms with Crippen LogP contribution in [0.25, 0.3) is 0 Å². The maximum atomic E-state index is 11.9. The van der Waals surface area contributed by atoms with E-state index in [9.17, 15) is 40.2 Å². The van der Waals surface area contributed by atoms with Crippen molar-refractivity contribution in [2.75, 3.05) is 26.4 Å². The zero-order valence-corrected chi connectivity index (χ0v) is 18.8. The van der Waals surface area contributed by atoms with Crippen LogP contribution in [-0.4, -0.2) is 141 Å². The van der Waals surface area contributed by atoms with Gasteiger partial charge in [0, 0.05) is 13.8 Å². The number of amides is 2. The molecule has 15 heteroatoms. The standard InChI is InChI=1S/C19H34N2O13/c1-7(25)20-12-16(30)14(28)10(4-23)33-19(12)34-17-13(21-8(2)26)18(31-6-9(27)3-22)32-11(5-24)15(17)29/h9-19,22-24,27-30H,3-6H2,1-2H3,(H,20,25)(H,21,26)/t9?,10-,11-,12-,13-,14+,15+,16-,17-,18-,19-/m1/s1. The van der Waals surface area contributed by atoms with Crippen LogP contribution in [0, 0.1) is 0 Å². The minimum absolute atomic E-state index is 0.426. The first-order valence-corrected chi connectivity index (χ1v) is 10.7. The van der Waals surface area contributed by atoms with Crippen LogP contribution in [0.2, 0.25) is 0 Å². The average molecular weight is 498 g/mol. The highest BCUT2D eigenvalue weighted by Gasteiger charge is 2.52. The zero-order chi connectivity index (χ0) is 25.6. The highest BCUT2D eigenvalue weighted by Crippen LogP contribution is 2.30. The minimum Gasteiger partial charge on any atom is -0.394 e. The van der Waals surface area contributed by atoms with Crippen LogP contribution in [0.1, 0.15) is 13.8 Å². The summed E-state index contributed by atoms with van der Waals surface area (Å²) in [6.07, 6.45) is -13.0. The van der Waals surface area contributed by atoms with Crippen molar-refractivity contribution in [3.05, 3.63) is 0 Å². The second kappa shape index (κ2) is 13.0. The molecule has 0 aromatic rings. The van der Waals surface area contributed by atoms with Crippen LogP contribution in [0.4, 0.5) is 0 Å². The van der Waals surface area contributed by atoms with Gasteiger partial charge in [0.1, 0.15) is 54.8 Å². The fraction of sp³-hybridized carbons (Fsp3) is 0.895. The number of aliphatic hydroxyl groups is 7. The number of hydrogen-bond donors (Lipinski definition) is 9. The third kappa shape index (κ3) is 7.02. The van der Waals surface area contributed by atoms with Gasteiger partial charge >= 0.3 is 0 Å². The molecule has 2 heterocycles. The van der Waals surface area contributed by atoms with Crippen molar-refractivity contribution < 1.29 is 64.3 Å². The molecule has 2 amide bonds. The second-order valence-corrected chi connectivity index (χ2v) is 8.15. The molecule has 0 aromatic carbocycles. The molecule has 198 valence electrons. The van der Waals surface area contributed by atoms with Gasteiger partial charge in [-0.3, -0.25) is 9.59 Å². The summed E-state index contributed by atoms with van der Waals surface area (Å²) in [6, 6.07) is -2.59. The molecular weight excluding hydrogens is 464 g/mol. The summed E-state index contributed by atoms with van der Waals surface area (Å²) in [6.45, 7) is -0.140. The molecule has 2 rings (SSSR count). The van der Waals surface area contributed by atoms with Crippen molar-refractivity contribution in [3.63, 3.8) is 0 Å². The van der Waals surface area contributed by atoms with Crippen LogP contribution in [-0.2, 0) is 28.5 Å². The molecule has 2 aliphatic rings. The molecule has 0 aliphatic carbocycles. The van der Waals surface area contributed by atoms with E-state index >= 15 is 0 Å². The zero-order valence-electron chi connectivity index (χ0n) is 18.8. The van der Waals surface area contributed by atoms with Crippen LogP contribution < -0.4 is 10.6 Å². The molecule has 0 saturated carbocycles. The lowest BCUT2D eigenvalue weighted by atomic mass is 9.94. The maximum absolute atomic E-state index is 11.9. The van der Waals surface area contributed by atoms with Gasteiger partial charge in [0.05, 0.1) is 26.4 Å². The van der Waals surface area contributed by atoms with E-state index in [4.69, 9.17) is 24.1 Å². The third-order valence-corrected chi connectivity index (χ3v) is 5.43. The minimum atomic E-state index is -1.63. The smallest absolute Gasteiger partial charge is 0.217 e. The predicted octanol–water partition coefficient (Wildman–Crippen LogP) is -5.73. The summed E-state index contributed by atoms with van der Waals surface area (Å²) in [5.74, 6) is -1.19. The molecule has 0 aromatic heterocycles. The first kappa shape index (κ1) is 28.7. The monoisotopic (exact) mass is 498 g/mol. The Morgan fingerprint density at radius 2 is 1.38 bits per heavy atom. The van der Waals surface area contributed by atoms with Gasteiger partial charge < -0.3 is 65.3 Å². The molecule has 15 nitrogen and oxygen atoms in total. The van der Waals surface area contributed by atoms with Crippen LogP contribution >= 0.6 is 0 Å². The topological polar surface area (TPSA) is 237 Å². The molecule has 34 heavy (non-hydrogen) atoms. The van der Waals surface area contributed by atoms with E-state index in [2.05, 4.69) is 10.6 Å². The van der Waals surface area contributed by atoms with Crippen LogP contribution in [0.3, 0.4) is 0 Å². The van der Waals surface area contributed by atoms with Crippen molar-refractivity contribution in [1.29, 1.82) is 0 Å². The summed E-state index contributed by atoms with van der Waals surface area (Å²) < 4.78 is 22.3. The molecule has 1 unspecified atom stereocenters. The third-order valence-electron chi connectivity index (χ3n) is 5.43. The molecule has 0 spiro atoms. The Bertz CT molecular complexity index is 670. The van der Waals surface area contributed by atoms with E-state index < -0.39 is 106 Å². The number of aliphatic hydroxyl groups excluding tert-OH is 7. The second-order valence-electron chi connectivity index (χ2n) is 8.15. The van der Waals surface area contributed by atoms with Crippen molar-refractivity contribution in [2.24, 2.45) is 0 Å². The molecule has 0 bridgehead atoms. The van der Waals surface area contributed by atoms with E-state index in [-0.39, 0.29) is 0 Å².